The fraction of sp³-hybridized carbons (Fsp3) is 0.562. The van der Waals surface area contributed by atoms with Gasteiger partial charge in [-0.2, -0.15) is 13.2 Å². The number of rotatable bonds is 5. The summed E-state index contributed by atoms with van der Waals surface area (Å²) in [5, 5.41) is 6.17. The predicted octanol–water partition coefficient (Wildman–Crippen LogP) is 3.14. The van der Waals surface area contributed by atoms with E-state index in [1.807, 2.05) is 6.92 Å². The third kappa shape index (κ3) is 7.76. The predicted molar refractivity (Wildman–Crippen MR) is 101 cm³/mol. The lowest BCUT2D eigenvalue weighted by molar-refractivity contribution is -0.143. The summed E-state index contributed by atoms with van der Waals surface area (Å²) in [6.45, 7) is 2.48. The lowest BCUT2D eigenvalue weighted by atomic mass is 10.2. The van der Waals surface area contributed by atoms with Crippen LogP contribution in [-0.4, -0.2) is 49.3 Å². The van der Waals surface area contributed by atoms with Crippen molar-refractivity contribution >= 4 is 29.9 Å². The molecule has 1 aromatic carbocycles. The Bertz CT molecular complexity index is 565. The van der Waals surface area contributed by atoms with Crippen molar-refractivity contribution in [2.75, 3.05) is 26.2 Å². The van der Waals surface area contributed by atoms with Gasteiger partial charge in [0.1, 0.15) is 5.82 Å². The van der Waals surface area contributed by atoms with E-state index in [1.165, 1.54) is 11.0 Å². The zero-order valence-electron chi connectivity index (χ0n) is 13.9. The normalized spacial score (nSPS) is 18.8. The average molecular weight is 474 g/mol. The van der Waals surface area contributed by atoms with Gasteiger partial charge in [0.05, 0.1) is 13.1 Å². The summed E-state index contributed by atoms with van der Waals surface area (Å²) in [6, 6.07) is 6.27. The van der Waals surface area contributed by atoms with Crippen molar-refractivity contribution < 1.29 is 17.6 Å². The van der Waals surface area contributed by atoms with Crippen LogP contribution in [0.4, 0.5) is 17.6 Å². The molecule has 0 amide bonds. The van der Waals surface area contributed by atoms with Gasteiger partial charge >= 0.3 is 6.18 Å². The number of likely N-dealkylation sites (tertiary alicyclic amines) is 1. The number of aliphatic imine (C=N–C) groups is 1. The van der Waals surface area contributed by atoms with E-state index < -0.39 is 12.7 Å². The molecule has 0 radical (unpaired) electrons. The molecule has 4 nitrogen and oxygen atoms in total. The van der Waals surface area contributed by atoms with E-state index in [4.69, 9.17) is 0 Å². The Morgan fingerprint density at radius 3 is 2.68 bits per heavy atom. The van der Waals surface area contributed by atoms with Crippen LogP contribution >= 0.6 is 24.0 Å². The molecule has 1 heterocycles. The van der Waals surface area contributed by atoms with Crippen molar-refractivity contribution in [2.24, 2.45) is 4.99 Å². The van der Waals surface area contributed by atoms with Gasteiger partial charge in [0.2, 0.25) is 0 Å². The van der Waals surface area contributed by atoms with Gasteiger partial charge in [-0.15, -0.1) is 24.0 Å². The molecular weight excluding hydrogens is 451 g/mol. The molecule has 25 heavy (non-hydrogen) atoms. The Labute approximate surface area is 162 Å². The minimum atomic E-state index is -4.18. The van der Waals surface area contributed by atoms with Crippen molar-refractivity contribution in [1.29, 1.82) is 0 Å². The highest BCUT2D eigenvalue weighted by molar-refractivity contribution is 14.0. The summed E-state index contributed by atoms with van der Waals surface area (Å²) in [6.07, 6.45) is -3.57. The summed E-state index contributed by atoms with van der Waals surface area (Å²) in [4.78, 5) is 5.69. The third-order valence-electron chi connectivity index (χ3n) is 3.73. The van der Waals surface area contributed by atoms with Crippen LogP contribution in [0.2, 0.25) is 0 Å². The molecular formula is C16H23F4IN4. The molecule has 1 aromatic rings. The second kappa shape index (κ2) is 10.1. The summed E-state index contributed by atoms with van der Waals surface area (Å²) < 4.78 is 50.9. The van der Waals surface area contributed by atoms with Crippen molar-refractivity contribution in [3.8, 4) is 0 Å². The molecule has 0 aromatic heterocycles. The lowest BCUT2D eigenvalue weighted by Crippen LogP contribution is -2.45. The van der Waals surface area contributed by atoms with E-state index in [0.29, 0.717) is 37.6 Å². The minimum Gasteiger partial charge on any atom is -0.357 e. The molecule has 2 rings (SSSR count). The van der Waals surface area contributed by atoms with E-state index in [2.05, 4.69) is 15.6 Å². The van der Waals surface area contributed by atoms with Crippen molar-refractivity contribution in [3.05, 3.63) is 35.6 Å². The van der Waals surface area contributed by atoms with Gasteiger partial charge in [-0.05, 0) is 19.4 Å². The fourth-order valence-electron chi connectivity index (χ4n) is 2.65. The summed E-state index contributed by atoms with van der Waals surface area (Å²) >= 11 is 0. The van der Waals surface area contributed by atoms with Gasteiger partial charge in [0.25, 0.3) is 0 Å². The van der Waals surface area contributed by atoms with E-state index in [0.717, 1.165) is 0 Å². The largest absolute Gasteiger partial charge is 0.401 e. The van der Waals surface area contributed by atoms with Crippen LogP contribution in [0.1, 0.15) is 18.9 Å². The number of guanidine groups is 1. The summed E-state index contributed by atoms with van der Waals surface area (Å²) in [7, 11) is 0. The molecule has 1 unspecified atom stereocenters. The summed E-state index contributed by atoms with van der Waals surface area (Å²) in [5.41, 5.74) is 0.472. The molecule has 0 bridgehead atoms. The number of halogens is 5. The zero-order chi connectivity index (χ0) is 17.6. The van der Waals surface area contributed by atoms with Gasteiger partial charge in [-0.3, -0.25) is 4.90 Å². The Morgan fingerprint density at radius 2 is 2.04 bits per heavy atom. The number of hydrogen-bond donors (Lipinski definition) is 2. The first kappa shape index (κ1) is 21.9. The van der Waals surface area contributed by atoms with Crippen LogP contribution < -0.4 is 10.6 Å². The number of nitrogens with zero attached hydrogens (tertiary/aromatic N) is 2. The quantitative estimate of drug-likeness (QED) is 0.298. The second-order valence-corrected chi connectivity index (χ2v) is 5.77. The van der Waals surface area contributed by atoms with Gasteiger partial charge < -0.3 is 10.6 Å². The van der Waals surface area contributed by atoms with Crippen molar-refractivity contribution in [3.63, 3.8) is 0 Å². The first-order valence-electron chi connectivity index (χ1n) is 7.94. The molecule has 142 valence electrons. The van der Waals surface area contributed by atoms with Crippen LogP contribution in [0.3, 0.4) is 0 Å². The van der Waals surface area contributed by atoms with Gasteiger partial charge in [-0.25, -0.2) is 9.38 Å². The SMILES string of the molecule is CCNC(=NCc1ccccc1F)NC1CCN(CC(F)(F)F)C1.I. The summed E-state index contributed by atoms with van der Waals surface area (Å²) in [5.74, 6) is 0.161. The Kier molecular flexibility index (Phi) is 8.91. The topological polar surface area (TPSA) is 39.7 Å². The maximum absolute atomic E-state index is 13.6. The van der Waals surface area contributed by atoms with Crippen LogP contribution in [-0.2, 0) is 6.54 Å². The molecule has 0 aliphatic carbocycles. The standard InChI is InChI=1S/C16H22F4N4.HI/c1-2-21-15(22-9-12-5-3-4-6-14(12)17)23-13-7-8-24(10-13)11-16(18,19)20;/h3-6,13H,2,7-11H2,1H3,(H2,21,22,23);1H. The molecule has 1 atom stereocenters. The van der Waals surface area contributed by atoms with Crippen molar-refractivity contribution in [2.45, 2.75) is 32.1 Å². The first-order valence-corrected chi connectivity index (χ1v) is 7.94. The Hall–Kier alpha value is -1.10. The first-order chi connectivity index (χ1) is 11.4. The molecule has 1 aliphatic heterocycles. The maximum atomic E-state index is 13.6. The van der Waals surface area contributed by atoms with Gasteiger partial charge in [0.15, 0.2) is 5.96 Å². The zero-order valence-corrected chi connectivity index (χ0v) is 16.3. The number of nitrogens with one attached hydrogen (secondary N) is 2. The van der Waals surface area contributed by atoms with Gasteiger partial charge in [-0.1, -0.05) is 18.2 Å². The molecule has 1 saturated heterocycles. The third-order valence-corrected chi connectivity index (χ3v) is 3.73. The van der Waals surface area contributed by atoms with Crippen LogP contribution in [0.25, 0.3) is 0 Å². The maximum Gasteiger partial charge on any atom is 0.401 e. The highest BCUT2D eigenvalue weighted by Gasteiger charge is 2.34. The fourth-order valence-corrected chi connectivity index (χ4v) is 2.65. The highest BCUT2D eigenvalue weighted by Crippen LogP contribution is 2.19. The van der Waals surface area contributed by atoms with Crippen molar-refractivity contribution in [1.82, 2.24) is 15.5 Å². The van der Waals surface area contributed by atoms with E-state index in [9.17, 15) is 17.6 Å². The lowest BCUT2D eigenvalue weighted by Gasteiger charge is -2.19. The average Bonchev–Trinajstić information content (AvgIpc) is 2.91. The second-order valence-electron chi connectivity index (χ2n) is 5.77. The van der Waals surface area contributed by atoms with Crippen LogP contribution in [0.5, 0.6) is 0 Å². The highest BCUT2D eigenvalue weighted by atomic mass is 127. The van der Waals surface area contributed by atoms with E-state index in [-0.39, 0.29) is 42.4 Å². The van der Waals surface area contributed by atoms with Crippen LogP contribution in [0, 0.1) is 5.82 Å². The molecule has 9 heteroatoms. The molecule has 1 aliphatic rings. The minimum absolute atomic E-state index is 0. The number of alkyl halides is 3. The molecule has 2 N–H and O–H groups in total. The Balaban J connectivity index is 0.00000312. The van der Waals surface area contributed by atoms with Crippen LogP contribution in [0.15, 0.2) is 29.3 Å². The van der Waals surface area contributed by atoms with E-state index in [1.54, 1.807) is 18.2 Å². The number of benzene rings is 1. The van der Waals surface area contributed by atoms with Gasteiger partial charge in [0, 0.05) is 31.2 Å². The number of hydrogen-bond acceptors (Lipinski definition) is 2. The van der Waals surface area contributed by atoms with E-state index >= 15 is 0 Å². The molecule has 1 fully saturated rings. The smallest absolute Gasteiger partial charge is 0.357 e. The molecule has 0 saturated carbocycles. The Morgan fingerprint density at radius 1 is 1.32 bits per heavy atom. The molecule has 0 spiro atoms. The monoisotopic (exact) mass is 474 g/mol.